The Balaban J connectivity index is 2.00. The third-order valence-electron chi connectivity index (χ3n) is 3.23. The van der Waals surface area contributed by atoms with E-state index in [4.69, 9.17) is 0 Å². The summed E-state index contributed by atoms with van der Waals surface area (Å²) < 4.78 is 0. The summed E-state index contributed by atoms with van der Waals surface area (Å²) in [5, 5.41) is 3.25. The van der Waals surface area contributed by atoms with E-state index in [1.165, 1.54) is 11.1 Å². The van der Waals surface area contributed by atoms with E-state index in [0.717, 1.165) is 32.6 Å². The predicted molar refractivity (Wildman–Crippen MR) is 68.7 cm³/mol. The highest BCUT2D eigenvalue weighted by atomic mass is 16.2. The lowest BCUT2D eigenvalue weighted by atomic mass is 10.1. The summed E-state index contributed by atoms with van der Waals surface area (Å²) in [5.41, 5.74) is 2.56. The van der Waals surface area contributed by atoms with E-state index in [1.807, 2.05) is 4.90 Å². The number of nitrogens with one attached hydrogen (secondary N) is 1. The summed E-state index contributed by atoms with van der Waals surface area (Å²) in [5.74, 6) is 0.259. The number of nitrogens with zero attached hydrogens (tertiary/aromatic N) is 1. The molecule has 17 heavy (non-hydrogen) atoms. The lowest BCUT2D eigenvalue weighted by molar-refractivity contribution is -0.130. The van der Waals surface area contributed by atoms with Crippen LogP contribution in [-0.2, 0) is 17.8 Å². The first-order valence-electron chi connectivity index (χ1n) is 6.36. The van der Waals surface area contributed by atoms with Crippen LogP contribution in [0, 0.1) is 0 Å². The number of carbonyl (C=O) groups is 1. The van der Waals surface area contributed by atoms with Crippen LogP contribution in [0.3, 0.4) is 0 Å². The molecule has 3 nitrogen and oxygen atoms in total. The number of amides is 1. The van der Waals surface area contributed by atoms with Crippen LogP contribution >= 0.6 is 0 Å². The van der Waals surface area contributed by atoms with Crippen molar-refractivity contribution in [3.63, 3.8) is 0 Å². The number of carbonyl (C=O) groups excluding carboxylic acids is 1. The van der Waals surface area contributed by atoms with Gasteiger partial charge in [-0.05, 0) is 17.5 Å². The second-order valence-corrected chi connectivity index (χ2v) is 4.49. The molecule has 0 bridgehead atoms. The van der Waals surface area contributed by atoms with Crippen molar-refractivity contribution in [2.45, 2.75) is 26.3 Å². The summed E-state index contributed by atoms with van der Waals surface area (Å²) in [4.78, 5) is 13.8. The maximum absolute atomic E-state index is 11.8. The molecule has 1 aromatic rings. The van der Waals surface area contributed by atoms with Crippen molar-refractivity contribution in [3.8, 4) is 0 Å². The molecule has 0 aromatic heterocycles. The zero-order valence-electron chi connectivity index (χ0n) is 10.4. The van der Waals surface area contributed by atoms with Crippen LogP contribution in [-0.4, -0.2) is 30.4 Å². The topological polar surface area (TPSA) is 32.3 Å². The molecule has 1 heterocycles. The molecule has 3 heteroatoms. The van der Waals surface area contributed by atoms with Gasteiger partial charge in [-0.2, -0.15) is 0 Å². The fourth-order valence-electron chi connectivity index (χ4n) is 2.09. The summed E-state index contributed by atoms with van der Waals surface area (Å²) >= 11 is 0. The molecular formula is C14H20N2O. The van der Waals surface area contributed by atoms with Crippen LogP contribution in [0.2, 0.25) is 0 Å². The first-order valence-corrected chi connectivity index (χ1v) is 6.36. The van der Waals surface area contributed by atoms with Gasteiger partial charge in [-0.25, -0.2) is 0 Å². The minimum absolute atomic E-state index is 0.259. The minimum atomic E-state index is 0.259. The molecule has 0 atom stereocenters. The molecule has 0 aliphatic carbocycles. The number of aryl methyl sites for hydroxylation is 1. The standard InChI is InChI=1S/C14H20N2O/c1-2-12-3-5-13(6-4-12)11-16-10-9-15-8-7-14(16)17/h3-6,15H,2,7-11H2,1H3. The molecule has 1 aromatic carbocycles. The van der Waals surface area contributed by atoms with Gasteiger partial charge in [-0.1, -0.05) is 31.2 Å². The SMILES string of the molecule is CCc1ccc(CN2CCNCCC2=O)cc1. The van der Waals surface area contributed by atoms with E-state index in [2.05, 4.69) is 36.5 Å². The van der Waals surface area contributed by atoms with Gasteiger partial charge < -0.3 is 10.2 Å². The predicted octanol–water partition coefficient (Wildman–Crippen LogP) is 1.57. The highest BCUT2D eigenvalue weighted by molar-refractivity contribution is 5.76. The molecule has 0 radical (unpaired) electrons. The third kappa shape index (κ3) is 3.30. The van der Waals surface area contributed by atoms with Crippen molar-refractivity contribution in [1.82, 2.24) is 10.2 Å². The highest BCUT2D eigenvalue weighted by Gasteiger charge is 2.15. The average Bonchev–Trinajstić information content (AvgIpc) is 2.56. The highest BCUT2D eigenvalue weighted by Crippen LogP contribution is 2.09. The average molecular weight is 232 g/mol. The van der Waals surface area contributed by atoms with E-state index in [9.17, 15) is 4.79 Å². The monoisotopic (exact) mass is 232 g/mol. The van der Waals surface area contributed by atoms with E-state index >= 15 is 0 Å². The van der Waals surface area contributed by atoms with Crippen LogP contribution in [0.5, 0.6) is 0 Å². The third-order valence-corrected chi connectivity index (χ3v) is 3.23. The van der Waals surface area contributed by atoms with Gasteiger partial charge in [0.1, 0.15) is 0 Å². The molecule has 1 N–H and O–H groups in total. The van der Waals surface area contributed by atoms with Gasteiger partial charge in [0.05, 0.1) is 0 Å². The van der Waals surface area contributed by atoms with Crippen molar-refractivity contribution >= 4 is 5.91 Å². The molecule has 0 spiro atoms. The fourth-order valence-corrected chi connectivity index (χ4v) is 2.09. The number of rotatable bonds is 3. The lowest BCUT2D eigenvalue weighted by Crippen LogP contribution is -2.31. The van der Waals surface area contributed by atoms with Crippen molar-refractivity contribution in [2.75, 3.05) is 19.6 Å². The molecule has 1 aliphatic rings. The Labute approximate surface area is 103 Å². The van der Waals surface area contributed by atoms with E-state index in [1.54, 1.807) is 0 Å². The van der Waals surface area contributed by atoms with Crippen molar-refractivity contribution in [2.24, 2.45) is 0 Å². The summed E-state index contributed by atoms with van der Waals surface area (Å²) in [6.45, 7) is 5.42. The van der Waals surface area contributed by atoms with Crippen LogP contribution < -0.4 is 5.32 Å². The number of benzene rings is 1. The maximum Gasteiger partial charge on any atom is 0.224 e. The smallest absolute Gasteiger partial charge is 0.224 e. The van der Waals surface area contributed by atoms with Crippen LogP contribution in [0.25, 0.3) is 0 Å². The Morgan fingerprint density at radius 3 is 2.59 bits per heavy atom. The van der Waals surface area contributed by atoms with Crippen LogP contribution in [0.4, 0.5) is 0 Å². The van der Waals surface area contributed by atoms with E-state index < -0.39 is 0 Å². The molecule has 1 saturated heterocycles. The Morgan fingerprint density at radius 1 is 1.18 bits per heavy atom. The first-order chi connectivity index (χ1) is 8.29. The maximum atomic E-state index is 11.8. The second kappa shape index (κ2) is 5.82. The van der Waals surface area contributed by atoms with Gasteiger partial charge in [0.25, 0.3) is 0 Å². The summed E-state index contributed by atoms with van der Waals surface area (Å²) in [7, 11) is 0. The van der Waals surface area contributed by atoms with Gasteiger partial charge >= 0.3 is 0 Å². The molecule has 1 aliphatic heterocycles. The number of hydrogen-bond acceptors (Lipinski definition) is 2. The first kappa shape index (κ1) is 12.1. The Morgan fingerprint density at radius 2 is 1.88 bits per heavy atom. The Kier molecular flexibility index (Phi) is 4.15. The molecule has 2 rings (SSSR count). The number of hydrogen-bond donors (Lipinski definition) is 1. The normalized spacial score (nSPS) is 17.0. The fraction of sp³-hybridized carbons (Fsp3) is 0.500. The van der Waals surface area contributed by atoms with Gasteiger partial charge in [0, 0.05) is 32.6 Å². The van der Waals surface area contributed by atoms with Crippen molar-refractivity contribution < 1.29 is 4.79 Å². The lowest BCUT2D eigenvalue weighted by Gasteiger charge is -2.20. The molecular weight excluding hydrogens is 212 g/mol. The Hall–Kier alpha value is -1.35. The Bertz CT molecular complexity index is 372. The minimum Gasteiger partial charge on any atom is -0.337 e. The zero-order valence-corrected chi connectivity index (χ0v) is 10.4. The van der Waals surface area contributed by atoms with Gasteiger partial charge in [-0.15, -0.1) is 0 Å². The van der Waals surface area contributed by atoms with Gasteiger partial charge in [0.15, 0.2) is 0 Å². The zero-order chi connectivity index (χ0) is 12.1. The van der Waals surface area contributed by atoms with E-state index in [0.29, 0.717) is 6.42 Å². The van der Waals surface area contributed by atoms with Crippen molar-refractivity contribution in [1.29, 1.82) is 0 Å². The van der Waals surface area contributed by atoms with Gasteiger partial charge in [-0.3, -0.25) is 4.79 Å². The summed E-state index contributed by atoms with van der Waals surface area (Å²) in [6.07, 6.45) is 1.68. The van der Waals surface area contributed by atoms with Crippen LogP contribution in [0.15, 0.2) is 24.3 Å². The van der Waals surface area contributed by atoms with Crippen molar-refractivity contribution in [3.05, 3.63) is 35.4 Å². The van der Waals surface area contributed by atoms with E-state index in [-0.39, 0.29) is 5.91 Å². The molecule has 92 valence electrons. The molecule has 0 saturated carbocycles. The molecule has 1 fully saturated rings. The molecule has 0 unspecified atom stereocenters. The largest absolute Gasteiger partial charge is 0.337 e. The summed E-state index contributed by atoms with van der Waals surface area (Å²) in [6, 6.07) is 8.56. The van der Waals surface area contributed by atoms with Crippen LogP contribution in [0.1, 0.15) is 24.5 Å². The van der Waals surface area contributed by atoms with Gasteiger partial charge in [0.2, 0.25) is 5.91 Å². The quantitative estimate of drug-likeness (QED) is 0.858. The second-order valence-electron chi connectivity index (χ2n) is 4.49. The molecule has 1 amide bonds.